The van der Waals surface area contributed by atoms with Crippen molar-refractivity contribution in [3.05, 3.63) is 0 Å². The molecule has 0 aromatic rings. The van der Waals surface area contributed by atoms with Crippen molar-refractivity contribution in [2.45, 2.75) is 31.8 Å². The van der Waals surface area contributed by atoms with E-state index in [4.69, 9.17) is 5.73 Å². The zero-order chi connectivity index (χ0) is 11.1. The van der Waals surface area contributed by atoms with Gasteiger partial charge in [-0.05, 0) is 18.8 Å². The summed E-state index contributed by atoms with van der Waals surface area (Å²) in [6.07, 6.45) is 1.59. The maximum absolute atomic E-state index is 11.3. The maximum Gasteiger partial charge on any atom is 0.150 e. The molecule has 0 aromatic carbocycles. The van der Waals surface area contributed by atoms with Gasteiger partial charge in [0.05, 0.1) is 11.5 Å². The fourth-order valence-corrected chi connectivity index (χ4v) is 4.04. The lowest BCUT2D eigenvalue weighted by molar-refractivity contribution is 0.219. The molecule has 88 valence electrons. The Hall–Kier alpha value is -0.130. The van der Waals surface area contributed by atoms with E-state index in [0.29, 0.717) is 23.5 Å². The molecule has 2 unspecified atom stereocenters. The van der Waals surface area contributed by atoms with Crippen molar-refractivity contribution in [1.82, 2.24) is 4.90 Å². The van der Waals surface area contributed by atoms with Crippen LogP contribution in [-0.2, 0) is 9.84 Å². The van der Waals surface area contributed by atoms with Crippen molar-refractivity contribution in [3.8, 4) is 0 Å². The number of likely N-dealkylation sites (tertiary alicyclic amines) is 1. The van der Waals surface area contributed by atoms with Crippen LogP contribution in [0.5, 0.6) is 0 Å². The van der Waals surface area contributed by atoms with Crippen molar-refractivity contribution in [1.29, 1.82) is 0 Å². The van der Waals surface area contributed by atoms with Gasteiger partial charge in [-0.1, -0.05) is 6.92 Å². The van der Waals surface area contributed by atoms with Crippen LogP contribution >= 0.6 is 0 Å². The summed E-state index contributed by atoms with van der Waals surface area (Å²) in [7, 11) is -2.73. The van der Waals surface area contributed by atoms with Gasteiger partial charge >= 0.3 is 0 Å². The predicted octanol–water partition coefficient (Wildman–Crippen LogP) is -0.157. The molecule has 0 spiro atoms. The zero-order valence-corrected chi connectivity index (χ0v) is 10.0. The third-order valence-electron chi connectivity index (χ3n) is 3.74. The molecule has 2 heterocycles. The van der Waals surface area contributed by atoms with Gasteiger partial charge in [-0.3, -0.25) is 4.90 Å². The molecule has 2 rings (SSSR count). The molecule has 2 atom stereocenters. The van der Waals surface area contributed by atoms with Gasteiger partial charge in [0.25, 0.3) is 0 Å². The van der Waals surface area contributed by atoms with E-state index in [9.17, 15) is 8.42 Å². The maximum atomic E-state index is 11.3. The zero-order valence-electron chi connectivity index (χ0n) is 9.22. The van der Waals surface area contributed by atoms with Crippen LogP contribution in [0.4, 0.5) is 0 Å². The summed E-state index contributed by atoms with van der Waals surface area (Å²) in [6, 6.07) is 0.716. The number of sulfone groups is 1. The number of hydrogen-bond acceptors (Lipinski definition) is 4. The fourth-order valence-electron chi connectivity index (χ4n) is 2.57. The summed E-state index contributed by atoms with van der Waals surface area (Å²) in [5, 5.41) is 0. The normalized spacial score (nSPS) is 38.3. The Labute approximate surface area is 91.7 Å². The first-order chi connectivity index (χ1) is 6.98. The molecule has 0 amide bonds. The van der Waals surface area contributed by atoms with Gasteiger partial charge in [0.15, 0.2) is 0 Å². The molecule has 2 aliphatic rings. The van der Waals surface area contributed by atoms with Crippen molar-refractivity contribution in [2.75, 3.05) is 24.6 Å². The van der Waals surface area contributed by atoms with E-state index < -0.39 is 9.84 Å². The summed E-state index contributed by atoms with van der Waals surface area (Å²) in [6.45, 7) is 4.14. The minimum Gasteiger partial charge on any atom is -0.326 e. The molecule has 2 aliphatic heterocycles. The smallest absolute Gasteiger partial charge is 0.150 e. The van der Waals surface area contributed by atoms with Gasteiger partial charge in [0.2, 0.25) is 0 Å². The standard InChI is InChI=1S/C10H20N2O2S/c1-8-6-12(7-10(8)11)9-2-4-15(13,14)5-3-9/h8-10H,2-7,11H2,1H3. The average molecular weight is 232 g/mol. The molecule has 2 saturated heterocycles. The topological polar surface area (TPSA) is 63.4 Å². The summed E-state index contributed by atoms with van der Waals surface area (Å²) in [4.78, 5) is 2.38. The first kappa shape index (κ1) is 11.4. The molecule has 0 aromatic heterocycles. The lowest BCUT2D eigenvalue weighted by atomic mass is 10.1. The first-order valence-electron chi connectivity index (χ1n) is 5.68. The highest BCUT2D eigenvalue weighted by Gasteiger charge is 2.34. The van der Waals surface area contributed by atoms with E-state index in [1.165, 1.54) is 0 Å². The molecule has 0 bridgehead atoms. The minimum atomic E-state index is -2.73. The van der Waals surface area contributed by atoms with E-state index >= 15 is 0 Å². The van der Waals surface area contributed by atoms with E-state index in [2.05, 4.69) is 11.8 Å². The molecule has 0 saturated carbocycles. The van der Waals surface area contributed by atoms with Crippen LogP contribution in [0.15, 0.2) is 0 Å². The van der Waals surface area contributed by atoms with Crippen molar-refractivity contribution in [3.63, 3.8) is 0 Å². The Kier molecular flexibility index (Phi) is 3.05. The second-order valence-corrected chi connectivity index (χ2v) is 7.28. The Morgan fingerprint density at radius 3 is 2.27 bits per heavy atom. The lowest BCUT2D eigenvalue weighted by Crippen LogP contribution is -2.41. The molecular formula is C10H20N2O2S. The van der Waals surface area contributed by atoms with E-state index in [-0.39, 0.29) is 6.04 Å². The van der Waals surface area contributed by atoms with Crippen LogP contribution in [0.1, 0.15) is 19.8 Å². The van der Waals surface area contributed by atoms with Crippen molar-refractivity contribution in [2.24, 2.45) is 11.7 Å². The highest BCUT2D eigenvalue weighted by atomic mass is 32.2. The van der Waals surface area contributed by atoms with Crippen LogP contribution in [0.2, 0.25) is 0 Å². The largest absolute Gasteiger partial charge is 0.326 e. The van der Waals surface area contributed by atoms with Gasteiger partial charge in [0.1, 0.15) is 9.84 Å². The quantitative estimate of drug-likeness (QED) is 0.682. The predicted molar refractivity (Wildman–Crippen MR) is 60.4 cm³/mol. The monoisotopic (exact) mass is 232 g/mol. The minimum absolute atomic E-state index is 0.267. The number of rotatable bonds is 1. The van der Waals surface area contributed by atoms with Gasteiger partial charge in [0, 0.05) is 25.2 Å². The average Bonchev–Trinajstić information content (AvgIpc) is 2.47. The Balaban J connectivity index is 1.92. The third kappa shape index (κ3) is 2.52. The fraction of sp³-hybridized carbons (Fsp3) is 1.00. The summed E-state index contributed by atoms with van der Waals surface area (Å²) >= 11 is 0. The highest BCUT2D eigenvalue weighted by molar-refractivity contribution is 7.91. The third-order valence-corrected chi connectivity index (χ3v) is 5.45. The number of nitrogens with two attached hydrogens (primary N) is 1. The van der Waals surface area contributed by atoms with Crippen LogP contribution in [0.3, 0.4) is 0 Å². The highest BCUT2D eigenvalue weighted by Crippen LogP contribution is 2.24. The second kappa shape index (κ2) is 4.03. The second-order valence-electron chi connectivity index (χ2n) is 4.98. The first-order valence-corrected chi connectivity index (χ1v) is 7.50. The molecule has 15 heavy (non-hydrogen) atoms. The van der Waals surface area contributed by atoms with E-state index in [1.54, 1.807) is 0 Å². The lowest BCUT2D eigenvalue weighted by Gasteiger charge is -2.30. The van der Waals surface area contributed by atoms with E-state index in [0.717, 1.165) is 25.9 Å². The summed E-state index contributed by atoms with van der Waals surface area (Å²) in [5.74, 6) is 1.26. The van der Waals surface area contributed by atoms with Gasteiger partial charge in [-0.15, -0.1) is 0 Å². The van der Waals surface area contributed by atoms with E-state index in [1.807, 2.05) is 0 Å². The van der Waals surface area contributed by atoms with Crippen molar-refractivity contribution < 1.29 is 8.42 Å². The Bertz CT molecular complexity index is 304. The van der Waals surface area contributed by atoms with Crippen LogP contribution in [0.25, 0.3) is 0 Å². The molecule has 0 radical (unpaired) electrons. The summed E-state index contributed by atoms with van der Waals surface area (Å²) < 4.78 is 22.6. The molecule has 2 fully saturated rings. The van der Waals surface area contributed by atoms with Gasteiger partial charge in [-0.2, -0.15) is 0 Å². The SMILES string of the molecule is CC1CN(C2CCS(=O)(=O)CC2)CC1N. The van der Waals surface area contributed by atoms with Crippen LogP contribution < -0.4 is 5.73 Å². The van der Waals surface area contributed by atoms with Gasteiger partial charge in [-0.25, -0.2) is 8.42 Å². The molecule has 2 N–H and O–H groups in total. The van der Waals surface area contributed by atoms with Crippen molar-refractivity contribution >= 4 is 9.84 Å². The number of nitrogens with zero attached hydrogens (tertiary/aromatic N) is 1. The number of hydrogen-bond donors (Lipinski definition) is 1. The Morgan fingerprint density at radius 2 is 1.80 bits per heavy atom. The molecule has 5 heteroatoms. The van der Waals surface area contributed by atoms with Crippen LogP contribution in [-0.4, -0.2) is 50.0 Å². The molecule has 0 aliphatic carbocycles. The Morgan fingerprint density at radius 1 is 1.20 bits per heavy atom. The summed E-state index contributed by atoms with van der Waals surface area (Å²) in [5.41, 5.74) is 5.97. The molecular weight excluding hydrogens is 212 g/mol. The van der Waals surface area contributed by atoms with Gasteiger partial charge < -0.3 is 5.73 Å². The molecule has 4 nitrogen and oxygen atoms in total. The van der Waals surface area contributed by atoms with Crippen LogP contribution in [0, 0.1) is 5.92 Å².